The molecule has 1 aromatic rings. The number of aliphatic hydroxyl groups is 4. The Balaban J connectivity index is 1.76. The number of nitrogen functional groups attached to an aromatic ring is 1. The molecule has 0 radical (unpaired) electrons. The Morgan fingerprint density at radius 1 is 1.00 bits per heavy atom. The zero-order valence-corrected chi connectivity index (χ0v) is 39.5. The van der Waals surface area contributed by atoms with E-state index in [-0.39, 0.29) is 43.5 Å². The van der Waals surface area contributed by atoms with Crippen molar-refractivity contribution in [1.29, 1.82) is 0 Å². The van der Waals surface area contributed by atoms with Gasteiger partial charge in [-0.05, 0) is 104 Å². The first-order valence-electron chi connectivity index (χ1n) is 22.4. The molecule has 0 unspecified atom stereocenters. The molecule has 3 fully saturated rings. The summed E-state index contributed by atoms with van der Waals surface area (Å²) in [7, 11) is 5.41. The van der Waals surface area contributed by atoms with Crippen LogP contribution in [0.1, 0.15) is 107 Å². The molecule has 3 heterocycles. The first-order chi connectivity index (χ1) is 28.3. The molecule has 3 saturated heterocycles. The van der Waals surface area contributed by atoms with Gasteiger partial charge in [0.25, 0.3) is 0 Å². The van der Waals surface area contributed by atoms with E-state index in [1.807, 2.05) is 71.0 Å². The number of likely N-dealkylation sites (N-methyl/N-ethyl adjacent to an activating group) is 1. The summed E-state index contributed by atoms with van der Waals surface area (Å²) in [6.45, 7) is 21.7. The molecule has 4 rings (SSSR count). The highest BCUT2D eigenvalue weighted by atomic mass is 16.7. The normalized spacial score (nSPS) is 43.3. The van der Waals surface area contributed by atoms with Crippen molar-refractivity contribution in [2.45, 2.75) is 193 Å². The number of nitrogens with one attached hydrogen (secondary N) is 2. The van der Waals surface area contributed by atoms with Crippen LogP contribution in [0.5, 0.6) is 0 Å². The number of hydrogen-bond donors (Lipinski definition) is 7. The molecule has 0 aromatic heterocycles. The topological polar surface area (TPSA) is 207 Å². The summed E-state index contributed by atoms with van der Waals surface area (Å²) in [5.41, 5.74) is 2.57. The lowest BCUT2D eigenvalue weighted by molar-refractivity contribution is -0.334. The van der Waals surface area contributed by atoms with Gasteiger partial charge in [-0.3, -0.25) is 4.79 Å². The summed E-state index contributed by atoms with van der Waals surface area (Å²) in [4.78, 5) is 16.5. The fraction of sp³-hybridized carbons (Fsp3) is 0.848. The van der Waals surface area contributed by atoms with Crippen molar-refractivity contribution >= 4 is 11.7 Å². The molecular weight excluding hydrogens is 785 g/mol. The minimum atomic E-state index is -1.76. The zero-order valence-electron chi connectivity index (χ0n) is 39.5. The molecule has 0 spiro atoms. The van der Waals surface area contributed by atoms with Crippen LogP contribution in [0.2, 0.25) is 0 Å². The molecule has 61 heavy (non-hydrogen) atoms. The lowest BCUT2D eigenvalue weighted by Crippen LogP contribution is -2.70. The third-order valence-electron chi connectivity index (χ3n) is 14.2. The fourth-order valence-corrected chi connectivity index (χ4v) is 10.2. The van der Waals surface area contributed by atoms with Gasteiger partial charge in [-0.1, -0.05) is 46.8 Å². The van der Waals surface area contributed by atoms with Crippen molar-refractivity contribution in [3.63, 3.8) is 0 Å². The zero-order chi connectivity index (χ0) is 45.8. The van der Waals surface area contributed by atoms with Gasteiger partial charge < -0.3 is 70.1 Å². The van der Waals surface area contributed by atoms with Gasteiger partial charge in [-0.15, -0.1) is 0 Å². The summed E-state index contributed by atoms with van der Waals surface area (Å²) < 4.78 is 39.2. The van der Waals surface area contributed by atoms with Gasteiger partial charge >= 0.3 is 5.97 Å². The molecule has 15 nitrogen and oxygen atoms in total. The summed E-state index contributed by atoms with van der Waals surface area (Å²) >= 11 is 0. The highest BCUT2D eigenvalue weighted by Crippen LogP contribution is 2.44. The maximum atomic E-state index is 14.5. The molecule has 17 atom stereocenters. The van der Waals surface area contributed by atoms with Gasteiger partial charge in [0, 0.05) is 56.9 Å². The van der Waals surface area contributed by atoms with Gasteiger partial charge in [-0.2, -0.15) is 0 Å². The number of esters is 1. The number of nitrogens with zero attached hydrogens (tertiary/aromatic N) is 1. The number of anilines is 1. The predicted molar refractivity (Wildman–Crippen MR) is 234 cm³/mol. The Morgan fingerprint density at radius 2 is 1.67 bits per heavy atom. The molecule has 352 valence electrons. The number of ether oxygens (including phenoxy) is 6. The van der Waals surface area contributed by atoms with Crippen LogP contribution in [-0.2, 0) is 39.8 Å². The van der Waals surface area contributed by atoms with Crippen molar-refractivity contribution in [2.75, 3.05) is 40.0 Å². The van der Waals surface area contributed by atoms with E-state index < -0.39 is 89.2 Å². The monoisotopic (exact) mass is 867 g/mol. The maximum absolute atomic E-state index is 14.5. The Morgan fingerprint density at radius 3 is 2.28 bits per heavy atom. The van der Waals surface area contributed by atoms with E-state index in [9.17, 15) is 25.2 Å². The molecule has 3 aliphatic rings. The van der Waals surface area contributed by atoms with E-state index in [4.69, 9.17) is 34.2 Å². The summed E-state index contributed by atoms with van der Waals surface area (Å²) in [6.07, 6.45) is -6.15. The van der Waals surface area contributed by atoms with Crippen LogP contribution in [0.4, 0.5) is 5.69 Å². The average Bonchev–Trinajstić information content (AvgIpc) is 3.18. The minimum Gasteiger partial charge on any atom is -0.459 e. The molecule has 0 saturated carbocycles. The first-order valence-corrected chi connectivity index (χ1v) is 22.4. The number of carbonyl (C=O) groups excluding carboxylic acids is 1. The summed E-state index contributed by atoms with van der Waals surface area (Å²) in [5.74, 6) is -2.52. The number of methoxy groups -OCH3 is 1. The molecule has 0 bridgehead atoms. The highest BCUT2D eigenvalue weighted by Gasteiger charge is 2.58. The highest BCUT2D eigenvalue weighted by molar-refractivity contribution is 5.73. The van der Waals surface area contributed by atoms with E-state index in [0.29, 0.717) is 31.6 Å². The van der Waals surface area contributed by atoms with E-state index in [0.717, 1.165) is 5.56 Å². The van der Waals surface area contributed by atoms with Crippen molar-refractivity contribution in [1.82, 2.24) is 15.5 Å². The predicted octanol–water partition coefficient (Wildman–Crippen LogP) is 3.58. The number of benzene rings is 1. The molecule has 3 aliphatic heterocycles. The first kappa shape index (κ1) is 51.6. The van der Waals surface area contributed by atoms with Crippen LogP contribution >= 0.6 is 0 Å². The molecule has 1 aromatic carbocycles. The number of carbonyl (C=O) groups is 1. The summed E-state index contributed by atoms with van der Waals surface area (Å²) in [5, 5.41) is 54.3. The second-order valence-electron chi connectivity index (χ2n) is 20.0. The Hall–Kier alpha value is -1.99. The second-order valence-corrected chi connectivity index (χ2v) is 20.0. The molecule has 8 N–H and O–H groups in total. The Bertz CT molecular complexity index is 1550. The molecule has 0 aliphatic carbocycles. The van der Waals surface area contributed by atoms with Gasteiger partial charge in [-0.25, -0.2) is 0 Å². The Labute approximate surface area is 365 Å². The largest absolute Gasteiger partial charge is 0.459 e. The molecular formula is C46H82N4O11. The maximum Gasteiger partial charge on any atom is 0.311 e. The fourth-order valence-electron chi connectivity index (χ4n) is 10.2. The smallest absolute Gasteiger partial charge is 0.311 e. The molecule has 0 amide bonds. The number of nitrogens with two attached hydrogens (primary N) is 1. The van der Waals surface area contributed by atoms with Gasteiger partial charge in [0.05, 0.1) is 36.4 Å². The standard InChI is InChI=1S/C46H82N4O11/c1-15-35-45(11,54)39(52)26(2)23-49-27(3)21-43(8,9)40(61-42-37(51)34(50(12)13)19-28(4)57-42)29(5)38(30(6)41(53)59-35)60-36-22-44(10,56-14)46(55,31(7)58-36)25-48-24-32-17-16-18-33(47)20-32/h16-18,20,26-31,34-40,42,48-49,51-52,54-55H,15,19,21-25,47H2,1-14H3/t26-,27+,28+,29-,30+,31-,34-,35+,36+,37+,38+,39+,40+,42-,44-,45+,46+/m0/s1. The molecule has 15 heteroatoms. The summed E-state index contributed by atoms with van der Waals surface area (Å²) in [6, 6.07) is 7.25. The Kier molecular flexibility index (Phi) is 17.7. The average molecular weight is 867 g/mol. The van der Waals surface area contributed by atoms with E-state index in [1.54, 1.807) is 27.9 Å². The number of rotatable bonds is 11. The van der Waals surface area contributed by atoms with Crippen LogP contribution in [0, 0.1) is 23.2 Å². The third kappa shape index (κ3) is 11.8. The number of hydrogen-bond acceptors (Lipinski definition) is 15. The van der Waals surface area contributed by atoms with Crippen molar-refractivity contribution < 1.29 is 53.6 Å². The van der Waals surface area contributed by atoms with Gasteiger partial charge in [0.15, 0.2) is 12.6 Å². The van der Waals surface area contributed by atoms with E-state index in [2.05, 4.69) is 31.4 Å². The lowest BCUT2D eigenvalue weighted by atomic mass is 9.72. The number of cyclic esters (lactones) is 1. The SMILES string of the molecule is CC[C@H]1OC(=O)[C@H](C)[C@H](O[C@@H]2C[C@](C)(OC)[C@@](O)(CNCc3cccc(N)c3)[C@H](C)O2)[C@H](C)[C@@H](O[C@@H]2O[C@H](C)C[C@H](N(C)C)[C@H]2O)C(C)(C)C[C@@H](C)NC[C@H](C)[C@@H](O)[C@]1(C)O. The number of aliphatic hydroxyl groups excluding tert-OH is 2. The van der Waals surface area contributed by atoms with E-state index >= 15 is 0 Å². The van der Waals surface area contributed by atoms with Crippen LogP contribution < -0.4 is 16.4 Å². The van der Waals surface area contributed by atoms with Gasteiger partial charge in [0.2, 0.25) is 0 Å². The third-order valence-corrected chi connectivity index (χ3v) is 14.2. The van der Waals surface area contributed by atoms with Crippen molar-refractivity contribution in [3.05, 3.63) is 29.8 Å². The van der Waals surface area contributed by atoms with Crippen LogP contribution in [0.15, 0.2) is 24.3 Å². The quantitative estimate of drug-likeness (QED) is 0.125. The van der Waals surface area contributed by atoms with Crippen LogP contribution in [0.25, 0.3) is 0 Å². The van der Waals surface area contributed by atoms with Crippen LogP contribution in [-0.4, -0.2) is 150 Å². The lowest BCUT2D eigenvalue weighted by Gasteiger charge is -2.54. The van der Waals surface area contributed by atoms with E-state index in [1.165, 1.54) is 6.92 Å². The second kappa shape index (κ2) is 20.9. The van der Waals surface area contributed by atoms with Crippen molar-refractivity contribution in [2.24, 2.45) is 23.2 Å². The van der Waals surface area contributed by atoms with Crippen molar-refractivity contribution in [3.8, 4) is 0 Å². The van der Waals surface area contributed by atoms with Gasteiger partial charge in [0.1, 0.15) is 29.0 Å². The van der Waals surface area contributed by atoms with Crippen LogP contribution in [0.3, 0.4) is 0 Å². The minimum absolute atomic E-state index is 0.0733.